The predicted molar refractivity (Wildman–Crippen MR) is 52.8 cm³/mol. The van der Waals surface area contributed by atoms with Crippen molar-refractivity contribution < 1.29 is 4.92 Å². The summed E-state index contributed by atoms with van der Waals surface area (Å²) in [6.07, 6.45) is 2.86. The summed E-state index contributed by atoms with van der Waals surface area (Å²) in [4.78, 5) is 10.4. The molecule has 0 spiro atoms. The SMILES string of the molecule is Cc1ccc(-n2cnnc2)c([N+](=O)[O-])c1. The van der Waals surface area contributed by atoms with E-state index < -0.39 is 4.92 Å². The van der Waals surface area contributed by atoms with E-state index in [1.165, 1.54) is 23.3 Å². The average molecular weight is 204 g/mol. The maximum atomic E-state index is 10.8. The van der Waals surface area contributed by atoms with Gasteiger partial charge in [-0.05, 0) is 18.6 Å². The first-order valence-electron chi connectivity index (χ1n) is 4.28. The lowest BCUT2D eigenvalue weighted by Crippen LogP contribution is -1.98. The monoisotopic (exact) mass is 204 g/mol. The number of nitro groups is 1. The fourth-order valence-corrected chi connectivity index (χ4v) is 1.32. The molecule has 1 heterocycles. The Morgan fingerprint density at radius 3 is 2.60 bits per heavy atom. The molecule has 2 aromatic rings. The van der Waals surface area contributed by atoms with Crippen LogP contribution in [0.2, 0.25) is 0 Å². The van der Waals surface area contributed by atoms with Crippen LogP contribution in [0.5, 0.6) is 0 Å². The molecule has 0 saturated heterocycles. The van der Waals surface area contributed by atoms with Crippen LogP contribution in [-0.4, -0.2) is 19.7 Å². The fourth-order valence-electron chi connectivity index (χ4n) is 1.32. The summed E-state index contributed by atoms with van der Waals surface area (Å²) < 4.78 is 1.51. The molecule has 6 heteroatoms. The van der Waals surface area contributed by atoms with Gasteiger partial charge in [0.15, 0.2) is 0 Å². The standard InChI is InChI=1S/C9H8N4O2/c1-7-2-3-8(9(4-7)13(14)15)12-5-10-11-6-12/h2-6H,1H3. The Balaban J connectivity index is 2.61. The van der Waals surface area contributed by atoms with Crippen LogP contribution in [-0.2, 0) is 0 Å². The molecule has 0 fully saturated rings. The van der Waals surface area contributed by atoms with Crippen LogP contribution in [0.1, 0.15) is 5.56 Å². The first-order chi connectivity index (χ1) is 7.18. The van der Waals surface area contributed by atoms with Gasteiger partial charge in [0.1, 0.15) is 18.3 Å². The Bertz CT molecular complexity index is 493. The zero-order valence-electron chi connectivity index (χ0n) is 7.99. The van der Waals surface area contributed by atoms with Crippen molar-refractivity contribution in [3.63, 3.8) is 0 Å². The van der Waals surface area contributed by atoms with E-state index in [0.717, 1.165) is 5.56 Å². The van der Waals surface area contributed by atoms with Crippen molar-refractivity contribution in [2.24, 2.45) is 0 Å². The van der Waals surface area contributed by atoms with E-state index in [1.807, 2.05) is 13.0 Å². The largest absolute Gasteiger partial charge is 0.293 e. The Kier molecular flexibility index (Phi) is 2.17. The third-order valence-electron chi connectivity index (χ3n) is 2.02. The van der Waals surface area contributed by atoms with Gasteiger partial charge in [0, 0.05) is 6.07 Å². The van der Waals surface area contributed by atoms with E-state index in [1.54, 1.807) is 6.07 Å². The molecule has 1 aromatic heterocycles. The summed E-state index contributed by atoms with van der Waals surface area (Å²) in [6.45, 7) is 1.81. The molecule has 0 bridgehead atoms. The van der Waals surface area contributed by atoms with Crippen LogP contribution in [0.3, 0.4) is 0 Å². The molecule has 2 rings (SSSR count). The minimum absolute atomic E-state index is 0.0507. The van der Waals surface area contributed by atoms with Gasteiger partial charge >= 0.3 is 0 Å². The van der Waals surface area contributed by atoms with Gasteiger partial charge in [-0.1, -0.05) is 6.07 Å². The van der Waals surface area contributed by atoms with Crippen LogP contribution in [0, 0.1) is 17.0 Å². The minimum atomic E-state index is -0.414. The molecule has 0 unspecified atom stereocenters. The molecule has 76 valence electrons. The number of aryl methyl sites for hydroxylation is 1. The van der Waals surface area contributed by atoms with Crippen molar-refractivity contribution in [2.45, 2.75) is 6.92 Å². The van der Waals surface area contributed by atoms with E-state index in [0.29, 0.717) is 5.69 Å². The quantitative estimate of drug-likeness (QED) is 0.548. The summed E-state index contributed by atoms with van der Waals surface area (Å²) in [5.41, 5.74) is 1.36. The van der Waals surface area contributed by atoms with Crippen LogP contribution in [0.25, 0.3) is 5.69 Å². The molecule has 1 aromatic carbocycles. The number of nitro benzene ring substituents is 1. The lowest BCUT2D eigenvalue weighted by atomic mass is 10.2. The number of rotatable bonds is 2. The topological polar surface area (TPSA) is 73.8 Å². The second-order valence-corrected chi connectivity index (χ2v) is 3.12. The normalized spacial score (nSPS) is 10.2. The fraction of sp³-hybridized carbons (Fsp3) is 0.111. The van der Waals surface area contributed by atoms with Gasteiger partial charge in [-0.25, -0.2) is 0 Å². The zero-order valence-corrected chi connectivity index (χ0v) is 7.99. The summed E-state index contributed by atoms with van der Waals surface area (Å²) in [5, 5.41) is 18.0. The van der Waals surface area contributed by atoms with Crippen LogP contribution in [0.4, 0.5) is 5.69 Å². The van der Waals surface area contributed by atoms with Crippen molar-refractivity contribution in [3.8, 4) is 5.69 Å². The highest BCUT2D eigenvalue weighted by Crippen LogP contribution is 2.23. The lowest BCUT2D eigenvalue weighted by molar-refractivity contribution is -0.384. The molecule has 0 radical (unpaired) electrons. The third kappa shape index (κ3) is 1.69. The lowest BCUT2D eigenvalue weighted by Gasteiger charge is -2.03. The molecule has 0 amide bonds. The van der Waals surface area contributed by atoms with Crippen molar-refractivity contribution in [1.29, 1.82) is 0 Å². The van der Waals surface area contributed by atoms with Crippen molar-refractivity contribution in [2.75, 3.05) is 0 Å². The molecule has 0 aliphatic rings. The van der Waals surface area contributed by atoms with E-state index >= 15 is 0 Å². The number of hydrogen-bond donors (Lipinski definition) is 0. The van der Waals surface area contributed by atoms with Gasteiger partial charge < -0.3 is 0 Å². The highest BCUT2D eigenvalue weighted by Gasteiger charge is 2.14. The Hall–Kier alpha value is -2.24. The molecule has 6 nitrogen and oxygen atoms in total. The zero-order chi connectivity index (χ0) is 10.8. The highest BCUT2D eigenvalue weighted by molar-refractivity contribution is 5.53. The van der Waals surface area contributed by atoms with Gasteiger partial charge in [-0.15, -0.1) is 10.2 Å². The number of aromatic nitrogens is 3. The van der Waals surface area contributed by atoms with Crippen molar-refractivity contribution in [1.82, 2.24) is 14.8 Å². The average Bonchev–Trinajstić information content (AvgIpc) is 2.70. The third-order valence-corrected chi connectivity index (χ3v) is 2.02. The maximum Gasteiger partial charge on any atom is 0.293 e. The highest BCUT2D eigenvalue weighted by atomic mass is 16.6. The van der Waals surface area contributed by atoms with E-state index in [-0.39, 0.29) is 5.69 Å². The minimum Gasteiger partial charge on any atom is -0.282 e. The summed E-state index contributed by atoms with van der Waals surface area (Å²) in [6, 6.07) is 5.01. The van der Waals surface area contributed by atoms with Gasteiger partial charge in [0.2, 0.25) is 0 Å². The van der Waals surface area contributed by atoms with E-state index in [9.17, 15) is 10.1 Å². The van der Waals surface area contributed by atoms with Gasteiger partial charge in [0.25, 0.3) is 5.69 Å². The molecule has 0 aliphatic carbocycles. The Morgan fingerprint density at radius 2 is 2.00 bits per heavy atom. The van der Waals surface area contributed by atoms with Crippen LogP contribution < -0.4 is 0 Å². The Morgan fingerprint density at radius 1 is 1.33 bits per heavy atom. The first kappa shape index (κ1) is 9.32. The molecule has 0 atom stereocenters. The molecule has 0 saturated carbocycles. The Labute approximate surface area is 85.3 Å². The van der Waals surface area contributed by atoms with Gasteiger partial charge in [-0.3, -0.25) is 14.7 Å². The molecule has 0 aliphatic heterocycles. The second-order valence-electron chi connectivity index (χ2n) is 3.12. The number of benzene rings is 1. The molecule has 15 heavy (non-hydrogen) atoms. The predicted octanol–water partition coefficient (Wildman–Crippen LogP) is 1.48. The maximum absolute atomic E-state index is 10.8. The van der Waals surface area contributed by atoms with Crippen molar-refractivity contribution >= 4 is 5.69 Å². The summed E-state index contributed by atoms with van der Waals surface area (Å²) in [7, 11) is 0. The van der Waals surface area contributed by atoms with Crippen molar-refractivity contribution in [3.05, 3.63) is 46.5 Å². The summed E-state index contributed by atoms with van der Waals surface area (Å²) in [5.74, 6) is 0. The van der Waals surface area contributed by atoms with Gasteiger partial charge in [0.05, 0.1) is 4.92 Å². The molecular weight excluding hydrogens is 196 g/mol. The van der Waals surface area contributed by atoms with E-state index in [2.05, 4.69) is 10.2 Å². The van der Waals surface area contributed by atoms with E-state index in [4.69, 9.17) is 0 Å². The van der Waals surface area contributed by atoms with Gasteiger partial charge in [-0.2, -0.15) is 0 Å². The second kappa shape index (κ2) is 3.49. The number of hydrogen-bond acceptors (Lipinski definition) is 4. The first-order valence-corrected chi connectivity index (χ1v) is 4.28. The molecular formula is C9H8N4O2. The van der Waals surface area contributed by atoms with Crippen LogP contribution >= 0.6 is 0 Å². The van der Waals surface area contributed by atoms with Crippen LogP contribution in [0.15, 0.2) is 30.9 Å². The molecule has 0 N–H and O–H groups in total. The smallest absolute Gasteiger partial charge is 0.282 e. The number of nitrogens with zero attached hydrogens (tertiary/aromatic N) is 4. The summed E-state index contributed by atoms with van der Waals surface area (Å²) >= 11 is 0.